The Kier molecular flexibility index (Phi) is 6.27. The molecule has 0 bridgehead atoms. The van der Waals surface area contributed by atoms with Crippen LogP contribution in [0.2, 0.25) is 0 Å². The molecule has 0 radical (unpaired) electrons. The molecule has 1 N–H and O–H groups in total. The minimum Gasteiger partial charge on any atom is -0.493 e. The highest BCUT2D eigenvalue weighted by atomic mass is 16.5. The monoisotopic (exact) mass is 279 g/mol. The molecule has 1 aromatic rings. The number of allylic oxidation sites excluding steroid dienone is 1. The van der Waals surface area contributed by atoms with Crippen LogP contribution < -0.4 is 10.1 Å². The van der Waals surface area contributed by atoms with E-state index in [2.05, 4.69) is 51.1 Å². The molecule has 0 fully saturated rings. The van der Waals surface area contributed by atoms with Gasteiger partial charge in [0.2, 0.25) is 0 Å². The Bertz CT molecular complexity index is 441. The van der Waals surface area contributed by atoms with Crippen molar-refractivity contribution in [1.82, 2.24) is 15.1 Å². The lowest BCUT2D eigenvalue weighted by Gasteiger charge is -2.19. The first-order chi connectivity index (χ1) is 9.39. The molecule has 1 aromatic heterocycles. The van der Waals surface area contributed by atoms with Crippen LogP contribution in [0.3, 0.4) is 0 Å². The summed E-state index contributed by atoms with van der Waals surface area (Å²) in [5.41, 5.74) is 2.50. The molecule has 20 heavy (non-hydrogen) atoms. The van der Waals surface area contributed by atoms with E-state index in [1.54, 1.807) is 13.3 Å². The summed E-state index contributed by atoms with van der Waals surface area (Å²) in [6, 6.07) is 0. The number of ether oxygens (including phenoxy) is 1. The van der Waals surface area contributed by atoms with Gasteiger partial charge in [-0.05, 0) is 52.7 Å². The number of methoxy groups -OCH3 is 1. The number of nitrogens with one attached hydrogen (secondary N) is 1. The van der Waals surface area contributed by atoms with E-state index in [-0.39, 0.29) is 5.54 Å². The quantitative estimate of drug-likeness (QED) is 0.777. The maximum Gasteiger partial charge on any atom is 0.164 e. The van der Waals surface area contributed by atoms with E-state index in [9.17, 15) is 0 Å². The molecule has 0 aliphatic carbocycles. The molecule has 0 unspecified atom stereocenters. The molecular formula is C16H29N3O. The Morgan fingerprint density at radius 3 is 2.70 bits per heavy atom. The summed E-state index contributed by atoms with van der Waals surface area (Å²) < 4.78 is 7.44. The number of aromatic nitrogens is 2. The SMILES string of the molecule is CCCn1ncc(OC)c1C(C)=CCCNC(C)(C)C. The van der Waals surface area contributed by atoms with Crippen molar-refractivity contribution in [3.63, 3.8) is 0 Å². The second-order valence-corrected chi connectivity index (χ2v) is 6.14. The van der Waals surface area contributed by atoms with Crippen LogP contribution >= 0.6 is 0 Å². The molecule has 0 spiro atoms. The van der Waals surface area contributed by atoms with Gasteiger partial charge in [-0.15, -0.1) is 0 Å². The van der Waals surface area contributed by atoms with Gasteiger partial charge in [-0.3, -0.25) is 4.68 Å². The predicted molar refractivity (Wildman–Crippen MR) is 85.1 cm³/mol. The molecule has 1 heterocycles. The third-order valence-electron chi connectivity index (χ3n) is 3.08. The van der Waals surface area contributed by atoms with Gasteiger partial charge in [0.05, 0.1) is 13.3 Å². The van der Waals surface area contributed by atoms with E-state index in [4.69, 9.17) is 4.74 Å². The fourth-order valence-corrected chi connectivity index (χ4v) is 2.13. The molecule has 0 aliphatic rings. The molecule has 0 saturated heterocycles. The van der Waals surface area contributed by atoms with Crippen LogP contribution in [0.4, 0.5) is 0 Å². The lowest BCUT2D eigenvalue weighted by Crippen LogP contribution is -2.36. The van der Waals surface area contributed by atoms with Gasteiger partial charge in [0, 0.05) is 12.1 Å². The highest BCUT2D eigenvalue weighted by Gasteiger charge is 2.12. The van der Waals surface area contributed by atoms with Crippen molar-refractivity contribution in [3.05, 3.63) is 18.0 Å². The average Bonchev–Trinajstić information content (AvgIpc) is 2.76. The molecular weight excluding hydrogens is 250 g/mol. The second-order valence-electron chi connectivity index (χ2n) is 6.14. The zero-order chi connectivity index (χ0) is 15.2. The summed E-state index contributed by atoms with van der Waals surface area (Å²) in [6.45, 7) is 12.7. The lowest BCUT2D eigenvalue weighted by atomic mass is 10.1. The van der Waals surface area contributed by atoms with Crippen LogP contribution in [0.15, 0.2) is 12.3 Å². The van der Waals surface area contributed by atoms with Crippen LogP contribution in [0, 0.1) is 0 Å². The van der Waals surface area contributed by atoms with Gasteiger partial charge in [-0.2, -0.15) is 5.10 Å². The molecule has 0 aliphatic heterocycles. The fourth-order valence-electron chi connectivity index (χ4n) is 2.13. The first-order valence-corrected chi connectivity index (χ1v) is 7.41. The second kappa shape index (κ2) is 7.48. The topological polar surface area (TPSA) is 39.1 Å². The molecule has 0 amide bonds. The Morgan fingerprint density at radius 2 is 2.15 bits per heavy atom. The van der Waals surface area contributed by atoms with Crippen molar-refractivity contribution < 1.29 is 4.74 Å². The number of hydrogen-bond acceptors (Lipinski definition) is 3. The van der Waals surface area contributed by atoms with Gasteiger partial charge in [0.25, 0.3) is 0 Å². The van der Waals surface area contributed by atoms with Crippen LogP contribution in [0.1, 0.15) is 53.2 Å². The van der Waals surface area contributed by atoms with Gasteiger partial charge in [-0.25, -0.2) is 0 Å². The Morgan fingerprint density at radius 1 is 1.45 bits per heavy atom. The number of aryl methyl sites for hydroxylation is 1. The molecule has 114 valence electrons. The molecule has 4 heteroatoms. The zero-order valence-electron chi connectivity index (χ0n) is 13.8. The van der Waals surface area contributed by atoms with Gasteiger partial charge in [-0.1, -0.05) is 13.0 Å². The first kappa shape index (κ1) is 16.8. The highest BCUT2D eigenvalue weighted by Crippen LogP contribution is 2.26. The minimum atomic E-state index is 0.170. The van der Waals surface area contributed by atoms with E-state index < -0.39 is 0 Å². The Balaban J connectivity index is 2.74. The van der Waals surface area contributed by atoms with E-state index in [1.807, 2.05) is 4.68 Å². The average molecular weight is 279 g/mol. The van der Waals surface area contributed by atoms with E-state index >= 15 is 0 Å². The minimum absolute atomic E-state index is 0.170. The fraction of sp³-hybridized carbons (Fsp3) is 0.688. The van der Waals surface area contributed by atoms with Crippen molar-refractivity contribution in [2.45, 2.75) is 59.5 Å². The number of nitrogens with zero attached hydrogens (tertiary/aromatic N) is 2. The van der Waals surface area contributed by atoms with Crippen LogP contribution in [-0.4, -0.2) is 29.0 Å². The van der Waals surface area contributed by atoms with Gasteiger partial charge < -0.3 is 10.1 Å². The standard InChI is InChI=1S/C16H29N3O/c1-7-11-19-15(14(20-6)12-18-19)13(2)9-8-10-17-16(3,4)5/h9,12,17H,7-8,10-11H2,1-6H3. The van der Waals surface area contributed by atoms with E-state index in [0.717, 1.165) is 37.4 Å². The third-order valence-corrected chi connectivity index (χ3v) is 3.08. The van der Waals surface area contributed by atoms with Crippen LogP contribution in [0.5, 0.6) is 5.75 Å². The Hall–Kier alpha value is -1.29. The summed E-state index contributed by atoms with van der Waals surface area (Å²) in [7, 11) is 1.70. The van der Waals surface area contributed by atoms with Gasteiger partial charge in [0.15, 0.2) is 5.75 Å². The predicted octanol–water partition coefficient (Wildman–Crippen LogP) is 3.48. The maximum absolute atomic E-state index is 5.41. The molecule has 4 nitrogen and oxygen atoms in total. The van der Waals surface area contributed by atoms with Crippen molar-refractivity contribution in [2.75, 3.05) is 13.7 Å². The number of hydrogen-bond donors (Lipinski definition) is 1. The van der Waals surface area contributed by atoms with Crippen molar-refractivity contribution in [2.24, 2.45) is 0 Å². The third kappa shape index (κ3) is 5.00. The van der Waals surface area contributed by atoms with Gasteiger partial charge in [0.1, 0.15) is 5.69 Å². The summed E-state index contributed by atoms with van der Waals surface area (Å²) in [6.07, 6.45) is 6.13. The van der Waals surface area contributed by atoms with Crippen LogP contribution in [0.25, 0.3) is 5.57 Å². The highest BCUT2D eigenvalue weighted by molar-refractivity contribution is 5.65. The normalized spacial score (nSPS) is 12.8. The molecule has 0 aromatic carbocycles. The smallest absolute Gasteiger partial charge is 0.164 e. The van der Waals surface area contributed by atoms with Crippen molar-refractivity contribution in [3.8, 4) is 5.75 Å². The van der Waals surface area contributed by atoms with E-state index in [0.29, 0.717) is 0 Å². The van der Waals surface area contributed by atoms with Crippen molar-refractivity contribution >= 4 is 5.57 Å². The lowest BCUT2D eigenvalue weighted by molar-refractivity contribution is 0.412. The Labute approximate surface area is 123 Å². The zero-order valence-corrected chi connectivity index (χ0v) is 13.8. The van der Waals surface area contributed by atoms with Crippen LogP contribution in [-0.2, 0) is 6.54 Å². The van der Waals surface area contributed by atoms with Gasteiger partial charge >= 0.3 is 0 Å². The summed E-state index contributed by atoms with van der Waals surface area (Å²) in [4.78, 5) is 0. The van der Waals surface area contributed by atoms with E-state index in [1.165, 1.54) is 5.57 Å². The maximum atomic E-state index is 5.41. The molecule has 1 rings (SSSR count). The number of rotatable bonds is 7. The summed E-state index contributed by atoms with van der Waals surface area (Å²) in [5.74, 6) is 0.857. The van der Waals surface area contributed by atoms with Crippen molar-refractivity contribution in [1.29, 1.82) is 0 Å². The largest absolute Gasteiger partial charge is 0.493 e. The first-order valence-electron chi connectivity index (χ1n) is 7.41. The molecule has 0 atom stereocenters. The summed E-state index contributed by atoms with van der Waals surface area (Å²) in [5, 5.41) is 7.89. The summed E-state index contributed by atoms with van der Waals surface area (Å²) >= 11 is 0. The molecule has 0 saturated carbocycles.